The number of fused-ring (bicyclic) bond motifs is 1. The van der Waals surface area contributed by atoms with Crippen molar-refractivity contribution in [1.29, 1.82) is 0 Å². The van der Waals surface area contributed by atoms with Gasteiger partial charge in [0.15, 0.2) is 0 Å². The first kappa shape index (κ1) is 19.1. The van der Waals surface area contributed by atoms with Crippen molar-refractivity contribution in [2.45, 2.75) is 19.9 Å². The van der Waals surface area contributed by atoms with Crippen LogP contribution in [0.2, 0.25) is 5.02 Å². The quantitative estimate of drug-likeness (QED) is 0.602. The fourth-order valence-corrected chi connectivity index (χ4v) is 3.30. The molecule has 1 amide bonds. The molecular weight excluding hydrogens is 370 g/mol. The first-order valence-corrected chi connectivity index (χ1v) is 9.05. The zero-order valence-electron chi connectivity index (χ0n) is 14.9. The van der Waals surface area contributed by atoms with Gasteiger partial charge in [-0.05, 0) is 48.7 Å². The van der Waals surface area contributed by atoms with Crippen LogP contribution < -0.4 is 10.1 Å². The SMILES string of the molecule is CCOc1ccc2c(c1)CN(CC(=O)Nc1ccc(Cl)cc1[N+](=O)[O-])CC2. The summed E-state index contributed by atoms with van der Waals surface area (Å²) >= 11 is 5.80. The molecule has 0 unspecified atom stereocenters. The first-order valence-electron chi connectivity index (χ1n) is 8.67. The molecule has 3 rings (SSSR count). The van der Waals surface area contributed by atoms with Gasteiger partial charge in [0.1, 0.15) is 11.4 Å². The number of nitrogens with one attached hydrogen (secondary N) is 1. The lowest BCUT2D eigenvalue weighted by Crippen LogP contribution is -2.37. The number of nitro groups is 1. The van der Waals surface area contributed by atoms with E-state index in [0.717, 1.165) is 24.3 Å². The largest absolute Gasteiger partial charge is 0.494 e. The fourth-order valence-electron chi connectivity index (χ4n) is 3.14. The molecule has 27 heavy (non-hydrogen) atoms. The highest BCUT2D eigenvalue weighted by atomic mass is 35.5. The second-order valence-corrected chi connectivity index (χ2v) is 6.73. The number of hydrogen-bond donors (Lipinski definition) is 1. The molecule has 1 N–H and O–H groups in total. The summed E-state index contributed by atoms with van der Waals surface area (Å²) < 4.78 is 5.54. The summed E-state index contributed by atoms with van der Waals surface area (Å²) in [7, 11) is 0. The Bertz CT molecular complexity index is 872. The van der Waals surface area contributed by atoms with Crippen LogP contribution in [-0.4, -0.2) is 35.4 Å². The number of ether oxygens (including phenoxy) is 1. The van der Waals surface area contributed by atoms with Crippen molar-refractivity contribution in [1.82, 2.24) is 4.90 Å². The maximum Gasteiger partial charge on any atom is 0.294 e. The Kier molecular flexibility index (Phi) is 5.93. The molecule has 0 aromatic heterocycles. The lowest BCUT2D eigenvalue weighted by Gasteiger charge is -2.28. The van der Waals surface area contributed by atoms with Crippen molar-refractivity contribution in [2.75, 3.05) is 25.0 Å². The zero-order valence-corrected chi connectivity index (χ0v) is 15.7. The van der Waals surface area contributed by atoms with Gasteiger partial charge in [0.2, 0.25) is 5.91 Å². The second kappa shape index (κ2) is 8.37. The summed E-state index contributed by atoms with van der Waals surface area (Å²) in [5.41, 5.74) is 2.31. The summed E-state index contributed by atoms with van der Waals surface area (Å²) in [6, 6.07) is 10.2. The Morgan fingerprint density at radius 3 is 2.85 bits per heavy atom. The summed E-state index contributed by atoms with van der Waals surface area (Å²) in [5.74, 6) is 0.518. The molecule has 0 spiro atoms. The minimum absolute atomic E-state index is 0.144. The number of carbonyl (C=O) groups is 1. The Labute approximate surface area is 162 Å². The van der Waals surface area contributed by atoms with Gasteiger partial charge in [0.05, 0.1) is 18.1 Å². The van der Waals surface area contributed by atoms with Crippen LogP contribution in [0.3, 0.4) is 0 Å². The number of nitrogens with zero attached hydrogens (tertiary/aromatic N) is 2. The number of benzene rings is 2. The highest BCUT2D eigenvalue weighted by molar-refractivity contribution is 6.31. The van der Waals surface area contributed by atoms with E-state index in [4.69, 9.17) is 16.3 Å². The Balaban J connectivity index is 1.66. The normalized spacial score (nSPS) is 13.7. The number of hydrogen-bond acceptors (Lipinski definition) is 5. The maximum absolute atomic E-state index is 12.4. The van der Waals surface area contributed by atoms with E-state index in [1.165, 1.54) is 23.8 Å². The Morgan fingerprint density at radius 2 is 2.11 bits per heavy atom. The molecule has 1 aliphatic heterocycles. The predicted octanol–water partition coefficient (Wildman–Crippen LogP) is 3.64. The highest BCUT2D eigenvalue weighted by Gasteiger charge is 2.21. The minimum Gasteiger partial charge on any atom is -0.494 e. The molecule has 0 saturated carbocycles. The number of amides is 1. The smallest absolute Gasteiger partial charge is 0.294 e. The zero-order chi connectivity index (χ0) is 19.4. The molecule has 0 fully saturated rings. The number of carbonyl (C=O) groups excluding carboxylic acids is 1. The highest BCUT2D eigenvalue weighted by Crippen LogP contribution is 2.28. The molecule has 0 bridgehead atoms. The van der Waals surface area contributed by atoms with Crippen LogP contribution in [0.15, 0.2) is 36.4 Å². The van der Waals surface area contributed by atoms with Crippen LogP contribution in [-0.2, 0) is 17.8 Å². The van der Waals surface area contributed by atoms with E-state index in [1.807, 2.05) is 24.0 Å². The first-order chi connectivity index (χ1) is 13.0. The van der Waals surface area contributed by atoms with Crippen LogP contribution in [0, 0.1) is 10.1 Å². The van der Waals surface area contributed by atoms with Gasteiger partial charge in [-0.1, -0.05) is 17.7 Å². The molecule has 0 saturated heterocycles. The van der Waals surface area contributed by atoms with E-state index in [-0.39, 0.29) is 28.8 Å². The van der Waals surface area contributed by atoms with Gasteiger partial charge in [-0.15, -0.1) is 0 Å². The molecular formula is C19H20ClN3O4. The molecule has 1 aliphatic rings. The third kappa shape index (κ3) is 4.75. The second-order valence-electron chi connectivity index (χ2n) is 6.29. The van der Waals surface area contributed by atoms with E-state index in [9.17, 15) is 14.9 Å². The molecule has 0 atom stereocenters. The van der Waals surface area contributed by atoms with E-state index in [2.05, 4.69) is 11.4 Å². The summed E-state index contributed by atoms with van der Waals surface area (Å²) in [4.78, 5) is 25.0. The third-order valence-corrected chi connectivity index (χ3v) is 4.61. The minimum atomic E-state index is -0.562. The van der Waals surface area contributed by atoms with E-state index < -0.39 is 4.92 Å². The Hall–Kier alpha value is -2.64. The van der Waals surface area contributed by atoms with Crippen molar-refractivity contribution in [2.24, 2.45) is 0 Å². The molecule has 142 valence electrons. The maximum atomic E-state index is 12.4. The van der Waals surface area contributed by atoms with Crippen LogP contribution in [0.5, 0.6) is 5.75 Å². The van der Waals surface area contributed by atoms with Crippen LogP contribution in [0.1, 0.15) is 18.1 Å². The number of nitro benzene ring substituents is 1. The number of rotatable bonds is 6. The third-order valence-electron chi connectivity index (χ3n) is 4.38. The molecule has 0 aliphatic carbocycles. The lowest BCUT2D eigenvalue weighted by molar-refractivity contribution is -0.383. The standard InChI is InChI=1S/C19H20ClN3O4/c1-2-27-16-5-3-13-7-8-22(11-14(13)9-16)12-19(24)21-17-6-4-15(20)10-18(17)23(25)26/h3-6,9-10H,2,7-8,11-12H2,1H3,(H,21,24). The van der Waals surface area contributed by atoms with Gasteiger partial charge in [0, 0.05) is 24.2 Å². The Morgan fingerprint density at radius 1 is 1.30 bits per heavy atom. The predicted molar refractivity (Wildman–Crippen MR) is 103 cm³/mol. The number of anilines is 1. The molecule has 7 nitrogen and oxygen atoms in total. The molecule has 2 aromatic carbocycles. The molecule has 8 heteroatoms. The van der Waals surface area contributed by atoms with Crippen LogP contribution in [0.25, 0.3) is 0 Å². The van der Waals surface area contributed by atoms with Crippen molar-refractivity contribution < 1.29 is 14.5 Å². The summed E-state index contributed by atoms with van der Waals surface area (Å²) in [6.45, 7) is 4.07. The average Bonchev–Trinajstić information content (AvgIpc) is 2.63. The lowest BCUT2D eigenvalue weighted by atomic mass is 9.99. The van der Waals surface area contributed by atoms with Gasteiger partial charge >= 0.3 is 0 Å². The summed E-state index contributed by atoms with van der Waals surface area (Å²) in [6.07, 6.45) is 0.843. The van der Waals surface area contributed by atoms with E-state index in [0.29, 0.717) is 13.2 Å². The monoisotopic (exact) mass is 389 g/mol. The van der Waals surface area contributed by atoms with Crippen molar-refractivity contribution in [3.05, 3.63) is 62.7 Å². The van der Waals surface area contributed by atoms with Crippen molar-refractivity contribution in [3.63, 3.8) is 0 Å². The van der Waals surface area contributed by atoms with Gasteiger partial charge in [-0.25, -0.2) is 0 Å². The van der Waals surface area contributed by atoms with Crippen LogP contribution >= 0.6 is 11.6 Å². The summed E-state index contributed by atoms with van der Waals surface area (Å²) in [5, 5.41) is 14.0. The van der Waals surface area contributed by atoms with Gasteiger partial charge in [0.25, 0.3) is 5.69 Å². The van der Waals surface area contributed by atoms with E-state index >= 15 is 0 Å². The fraction of sp³-hybridized carbons (Fsp3) is 0.316. The number of halogens is 1. The van der Waals surface area contributed by atoms with Crippen LogP contribution in [0.4, 0.5) is 11.4 Å². The molecule has 0 radical (unpaired) electrons. The van der Waals surface area contributed by atoms with Gasteiger partial charge < -0.3 is 10.1 Å². The molecule has 1 heterocycles. The molecule has 2 aromatic rings. The van der Waals surface area contributed by atoms with Gasteiger partial charge in [-0.2, -0.15) is 0 Å². The topological polar surface area (TPSA) is 84.7 Å². The van der Waals surface area contributed by atoms with Crippen molar-refractivity contribution in [3.8, 4) is 5.75 Å². The van der Waals surface area contributed by atoms with E-state index in [1.54, 1.807) is 0 Å². The average molecular weight is 390 g/mol. The van der Waals surface area contributed by atoms with Gasteiger partial charge in [-0.3, -0.25) is 19.8 Å². The van der Waals surface area contributed by atoms with Crippen molar-refractivity contribution >= 4 is 28.9 Å².